The predicted molar refractivity (Wildman–Crippen MR) is 64.5 cm³/mol. The van der Waals surface area contributed by atoms with Crippen LogP contribution in [0.2, 0.25) is 0 Å². The Kier molecular flexibility index (Phi) is 3.36. The molecular formula is C12H13N5. The Morgan fingerprint density at radius 2 is 2.35 bits per heavy atom. The minimum absolute atomic E-state index is 0.669. The van der Waals surface area contributed by atoms with Crippen LogP contribution in [0.5, 0.6) is 0 Å². The molecule has 0 amide bonds. The van der Waals surface area contributed by atoms with Crippen LogP contribution in [0.25, 0.3) is 0 Å². The molecule has 0 aliphatic heterocycles. The number of aryl methyl sites for hydroxylation is 1. The second-order valence-electron chi connectivity index (χ2n) is 3.72. The molecule has 2 N–H and O–H groups in total. The Labute approximate surface area is 99.5 Å². The van der Waals surface area contributed by atoms with Gasteiger partial charge in [-0.3, -0.25) is 5.10 Å². The number of aromatic nitrogens is 3. The molecule has 1 aromatic heterocycles. The molecule has 0 unspecified atom stereocenters. The van der Waals surface area contributed by atoms with Gasteiger partial charge in [0.15, 0.2) is 0 Å². The first-order chi connectivity index (χ1) is 8.31. The van der Waals surface area contributed by atoms with E-state index in [-0.39, 0.29) is 0 Å². The zero-order chi connectivity index (χ0) is 12.1. The van der Waals surface area contributed by atoms with Crippen LogP contribution in [-0.4, -0.2) is 21.7 Å². The molecule has 0 atom stereocenters. The zero-order valence-electron chi connectivity index (χ0n) is 9.57. The van der Waals surface area contributed by atoms with Crippen molar-refractivity contribution < 1.29 is 0 Å². The van der Waals surface area contributed by atoms with Crippen molar-refractivity contribution in [1.82, 2.24) is 15.2 Å². The van der Waals surface area contributed by atoms with E-state index in [4.69, 9.17) is 5.26 Å². The molecule has 0 saturated carbocycles. The minimum atomic E-state index is 0.669. The van der Waals surface area contributed by atoms with Crippen LogP contribution in [0.1, 0.15) is 17.0 Å². The summed E-state index contributed by atoms with van der Waals surface area (Å²) in [5, 5.41) is 18.9. The van der Waals surface area contributed by atoms with Crippen LogP contribution in [-0.2, 0) is 6.42 Å². The minimum Gasteiger partial charge on any atom is -0.383 e. The third kappa shape index (κ3) is 2.61. The number of benzene rings is 1. The van der Waals surface area contributed by atoms with Crippen molar-refractivity contribution in [3.05, 3.63) is 41.5 Å². The van der Waals surface area contributed by atoms with Crippen molar-refractivity contribution in [1.29, 1.82) is 5.26 Å². The van der Waals surface area contributed by atoms with Crippen LogP contribution in [0.3, 0.4) is 0 Å². The zero-order valence-corrected chi connectivity index (χ0v) is 9.57. The number of nitriles is 1. The Bertz CT molecular complexity index is 524. The van der Waals surface area contributed by atoms with Gasteiger partial charge in [0.2, 0.25) is 0 Å². The first kappa shape index (κ1) is 11.1. The van der Waals surface area contributed by atoms with E-state index in [1.165, 1.54) is 6.33 Å². The molecule has 5 heteroatoms. The summed E-state index contributed by atoms with van der Waals surface area (Å²) in [6.07, 6.45) is 2.24. The molecule has 1 aromatic carbocycles. The highest BCUT2D eigenvalue weighted by Gasteiger charge is 2.04. The lowest BCUT2D eigenvalue weighted by molar-refractivity contribution is 0.900. The van der Waals surface area contributed by atoms with Gasteiger partial charge < -0.3 is 5.32 Å². The van der Waals surface area contributed by atoms with Gasteiger partial charge in [-0.1, -0.05) is 12.1 Å². The molecule has 2 rings (SSSR count). The third-order valence-corrected chi connectivity index (χ3v) is 2.52. The lowest BCUT2D eigenvalue weighted by Gasteiger charge is -2.10. The van der Waals surface area contributed by atoms with Crippen molar-refractivity contribution in [2.45, 2.75) is 13.3 Å². The normalized spacial score (nSPS) is 9.88. The lowest BCUT2D eigenvalue weighted by Crippen LogP contribution is -2.08. The molecule has 1 heterocycles. The van der Waals surface area contributed by atoms with E-state index in [2.05, 4.69) is 26.6 Å². The monoisotopic (exact) mass is 227 g/mol. The topological polar surface area (TPSA) is 77.4 Å². The van der Waals surface area contributed by atoms with Gasteiger partial charge in [-0.2, -0.15) is 10.4 Å². The van der Waals surface area contributed by atoms with Gasteiger partial charge in [-0.05, 0) is 18.6 Å². The van der Waals surface area contributed by atoms with E-state index >= 15 is 0 Å². The van der Waals surface area contributed by atoms with Crippen molar-refractivity contribution in [3.8, 4) is 6.07 Å². The molecule has 0 spiro atoms. The smallest absolute Gasteiger partial charge is 0.137 e. The average molecular weight is 227 g/mol. The molecule has 5 nitrogen and oxygen atoms in total. The summed E-state index contributed by atoms with van der Waals surface area (Å²) in [6.45, 7) is 2.70. The summed E-state index contributed by atoms with van der Waals surface area (Å²) in [6, 6.07) is 7.86. The van der Waals surface area contributed by atoms with E-state index in [9.17, 15) is 0 Å². The first-order valence-electron chi connectivity index (χ1n) is 5.39. The summed E-state index contributed by atoms with van der Waals surface area (Å²) in [5.74, 6) is 0.838. The number of anilines is 1. The van der Waals surface area contributed by atoms with Gasteiger partial charge >= 0.3 is 0 Å². The highest BCUT2D eigenvalue weighted by molar-refractivity contribution is 5.62. The Morgan fingerprint density at radius 1 is 1.47 bits per heavy atom. The highest BCUT2D eigenvalue weighted by atomic mass is 15.2. The summed E-state index contributed by atoms with van der Waals surface area (Å²) in [5.41, 5.74) is 2.64. The number of aromatic amines is 1. The number of hydrogen-bond donors (Lipinski definition) is 2. The highest BCUT2D eigenvalue weighted by Crippen LogP contribution is 2.19. The fraction of sp³-hybridized carbons (Fsp3) is 0.250. The van der Waals surface area contributed by atoms with E-state index in [0.29, 0.717) is 12.1 Å². The van der Waals surface area contributed by atoms with Crippen molar-refractivity contribution in [2.75, 3.05) is 11.9 Å². The number of H-pyrrole nitrogens is 1. The average Bonchev–Trinajstić information content (AvgIpc) is 2.84. The number of nitrogens with one attached hydrogen (secondary N) is 2. The maximum absolute atomic E-state index is 9.01. The fourth-order valence-electron chi connectivity index (χ4n) is 1.65. The van der Waals surface area contributed by atoms with E-state index < -0.39 is 0 Å². The van der Waals surface area contributed by atoms with Crippen LogP contribution < -0.4 is 5.32 Å². The molecular weight excluding hydrogens is 214 g/mol. The van der Waals surface area contributed by atoms with E-state index in [1.807, 2.05) is 25.1 Å². The van der Waals surface area contributed by atoms with Crippen molar-refractivity contribution in [3.63, 3.8) is 0 Å². The molecule has 2 aromatic rings. The van der Waals surface area contributed by atoms with Crippen LogP contribution >= 0.6 is 0 Å². The molecule has 0 fully saturated rings. The first-order valence-corrected chi connectivity index (χ1v) is 5.39. The van der Waals surface area contributed by atoms with Gasteiger partial charge in [0.05, 0.1) is 11.3 Å². The van der Waals surface area contributed by atoms with Gasteiger partial charge in [0.25, 0.3) is 0 Å². The predicted octanol–water partition coefficient (Wildman–Crippen LogP) is 1.64. The maximum Gasteiger partial charge on any atom is 0.137 e. The number of nitrogens with zero attached hydrogens (tertiary/aromatic N) is 3. The molecule has 0 saturated heterocycles. The molecule has 17 heavy (non-hydrogen) atoms. The third-order valence-electron chi connectivity index (χ3n) is 2.52. The van der Waals surface area contributed by atoms with Crippen molar-refractivity contribution >= 4 is 5.69 Å². The largest absolute Gasteiger partial charge is 0.383 e. The SMILES string of the molecule is Cc1cccc(C#N)c1NCCc1ncn[nH]1. The number of rotatable bonds is 4. The Hall–Kier alpha value is -2.35. The Morgan fingerprint density at radius 3 is 3.06 bits per heavy atom. The molecule has 86 valence electrons. The van der Waals surface area contributed by atoms with E-state index in [0.717, 1.165) is 23.5 Å². The summed E-state index contributed by atoms with van der Waals surface area (Å²) < 4.78 is 0. The van der Waals surface area contributed by atoms with Gasteiger partial charge in [-0.25, -0.2) is 4.98 Å². The number of para-hydroxylation sites is 1. The number of hydrogen-bond acceptors (Lipinski definition) is 4. The second kappa shape index (κ2) is 5.12. The Balaban J connectivity index is 2.02. The standard InChI is InChI=1S/C12H13N5/c1-9-3-2-4-10(7-13)12(9)14-6-5-11-15-8-16-17-11/h2-4,8,14H,5-6H2,1H3,(H,15,16,17). The van der Waals surface area contributed by atoms with E-state index in [1.54, 1.807) is 0 Å². The van der Waals surface area contributed by atoms with Crippen LogP contribution in [0, 0.1) is 18.3 Å². The second-order valence-corrected chi connectivity index (χ2v) is 3.72. The quantitative estimate of drug-likeness (QED) is 0.832. The molecule has 0 radical (unpaired) electrons. The fourth-order valence-corrected chi connectivity index (χ4v) is 1.65. The van der Waals surface area contributed by atoms with Gasteiger partial charge in [-0.15, -0.1) is 0 Å². The van der Waals surface area contributed by atoms with Crippen LogP contribution in [0.4, 0.5) is 5.69 Å². The summed E-state index contributed by atoms with van der Waals surface area (Å²) in [4.78, 5) is 4.04. The van der Waals surface area contributed by atoms with Crippen molar-refractivity contribution in [2.24, 2.45) is 0 Å². The molecule has 0 bridgehead atoms. The summed E-state index contributed by atoms with van der Waals surface area (Å²) >= 11 is 0. The van der Waals surface area contributed by atoms with Gasteiger partial charge in [0, 0.05) is 13.0 Å². The lowest BCUT2D eigenvalue weighted by atomic mass is 10.1. The maximum atomic E-state index is 9.01. The van der Waals surface area contributed by atoms with Crippen LogP contribution in [0.15, 0.2) is 24.5 Å². The molecule has 0 aliphatic carbocycles. The molecule has 0 aliphatic rings. The van der Waals surface area contributed by atoms with Gasteiger partial charge in [0.1, 0.15) is 18.2 Å². The summed E-state index contributed by atoms with van der Waals surface area (Å²) in [7, 11) is 0.